The van der Waals surface area contributed by atoms with E-state index in [9.17, 15) is 8.42 Å². The molecule has 0 aliphatic heterocycles. The summed E-state index contributed by atoms with van der Waals surface area (Å²) in [6, 6.07) is 1.64. The molecule has 1 aromatic rings. The lowest BCUT2D eigenvalue weighted by atomic mass is 9.76. The largest absolute Gasteiger partial charge is 0.464 e. The molecule has 21 heavy (non-hydrogen) atoms. The van der Waals surface area contributed by atoms with Gasteiger partial charge < -0.3 is 9.73 Å². The summed E-state index contributed by atoms with van der Waals surface area (Å²) < 4.78 is 33.3. The molecule has 1 aromatic heterocycles. The number of nitrogens with one attached hydrogen (secondary N) is 2. The van der Waals surface area contributed by atoms with E-state index in [0.29, 0.717) is 23.5 Å². The Balaban J connectivity index is 2.08. The Bertz CT molecular complexity index is 580. The number of hydrogen-bond acceptors (Lipinski definition) is 4. The molecule has 0 bridgehead atoms. The molecule has 0 aromatic carbocycles. The van der Waals surface area contributed by atoms with Crippen LogP contribution >= 0.6 is 0 Å². The maximum atomic E-state index is 12.5. The molecular weight excluding hydrogens is 288 g/mol. The van der Waals surface area contributed by atoms with Crippen LogP contribution < -0.4 is 10.0 Å². The SMILES string of the molecule is CNCc1cc(S(=O)(=O)NC2CCC(C)(C)CC2)c(C)o1. The van der Waals surface area contributed by atoms with Gasteiger partial charge in [-0.3, -0.25) is 0 Å². The highest BCUT2D eigenvalue weighted by molar-refractivity contribution is 7.89. The van der Waals surface area contributed by atoms with Gasteiger partial charge in [-0.15, -0.1) is 0 Å². The van der Waals surface area contributed by atoms with E-state index in [4.69, 9.17) is 4.42 Å². The molecule has 2 N–H and O–H groups in total. The van der Waals surface area contributed by atoms with Gasteiger partial charge in [0.15, 0.2) is 0 Å². The minimum absolute atomic E-state index is 0.0325. The van der Waals surface area contributed by atoms with Crippen molar-refractivity contribution < 1.29 is 12.8 Å². The third kappa shape index (κ3) is 4.08. The third-order valence-corrected chi connectivity index (χ3v) is 5.85. The van der Waals surface area contributed by atoms with Crippen molar-refractivity contribution in [2.75, 3.05) is 7.05 Å². The molecular formula is C15H26N2O3S. The molecule has 1 aliphatic rings. The van der Waals surface area contributed by atoms with Gasteiger partial charge >= 0.3 is 0 Å². The van der Waals surface area contributed by atoms with E-state index in [1.165, 1.54) is 0 Å². The zero-order chi connectivity index (χ0) is 15.7. The van der Waals surface area contributed by atoms with Crippen LogP contribution in [0.2, 0.25) is 0 Å². The van der Waals surface area contributed by atoms with Crippen molar-refractivity contribution in [1.82, 2.24) is 10.0 Å². The lowest BCUT2D eigenvalue weighted by molar-refractivity contribution is 0.218. The second kappa shape index (κ2) is 6.10. The monoisotopic (exact) mass is 314 g/mol. The summed E-state index contributed by atoms with van der Waals surface area (Å²) in [4.78, 5) is 0.262. The van der Waals surface area contributed by atoms with Gasteiger partial charge in [0, 0.05) is 12.1 Å². The molecule has 0 amide bonds. The Morgan fingerprint density at radius 2 is 1.95 bits per heavy atom. The fraction of sp³-hybridized carbons (Fsp3) is 0.733. The summed E-state index contributed by atoms with van der Waals surface area (Å²) in [5.41, 5.74) is 0.327. The van der Waals surface area contributed by atoms with Gasteiger partial charge in [0.25, 0.3) is 0 Å². The van der Waals surface area contributed by atoms with E-state index in [0.717, 1.165) is 25.7 Å². The van der Waals surface area contributed by atoms with E-state index >= 15 is 0 Å². The Hall–Kier alpha value is -0.850. The molecule has 1 aliphatic carbocycles. The summed E-state index contributed by atoms with van der Waals surface area (Å²) in [5.74, 6) is 1.09. The van der Waals surface area contributed by atoms with Gasteiger partial charge in [-0.25, -0.2) is 13.1 Å². The van der Waals surface area contributed by atoms with Crippen LogP contribution in [0.3, 0.4) is 0 Å². The lowest BCUT2D eigenvalue weighted by Crippen LogP contribution is -2.39. The fourth-order valence-electron chi connectivity index (χ4n) is 2.85. The summed E-state index contributed by atoms with van der Waals surface area (Å²) in [6.45, 7) is 6.69. The van der Waals surface area contributed by atoms with Crippen LogP contribution in [0, 0.1) is 12.3 Å². The van der Waals surface area contributed by atoms with Crippen LogP contribution in [0.1, 0.15) is 51.1 Å². The molecule has 0 atom stereocenters. The van der Waals surface area contributed by atoms with Gasteiger partial charge in [0.1, 0.15) is 16.4 Å². The predicted octanol–water partition coefficient (Wildman–Crippen LogP) is 2.55. The average molecular weight is 314 g/mol. The molecule has 0 unspecified atom stereocenters. The van der Waals surface area contributed by atoms with Crippen molar-refractivity contribution >= 4 is 10.0 Å². The Morgan fingerprint density at radius 3 is 2.52 bits per heavy atom. The number of hydrogen-bond donors (Lipinski definition) is 2. The molecule has 120 valence electrons. The Morgan fingerprint density at radius 1 is 1.33 bits per heavy atom. The van der Waals surface area contributed by atoms with Gasteiger partial charge in [-0.2, -0.15) is 0 Å². The van der Waals surface area contributed by atoms with Crippen molar-refractivity contribution in [2.24, 2.45) is 5.41 Å². The van der Waals surface area contributed by atoms with Crippen molar-refractivity contribution in [3.63, 3.8) is 0 Å². The van der Waals surface area contributed by atoms with Crippen LogP contribution in [0.5, 0.6) is 0 Å². The lowest BCUT2D eigenvalue weighted by Gasteiger charge is -2.34. The quantitative estimate of drug-likeness (QED) is 0.876. The van der Waals surface area contributed by atoms with E-state index in [2.05, 4.69) is 23.9 Å². The maximum Gasteiger partial charge on any atom is 0.244 e. The van der Waals surface area contributed by atoms with Crippen molar-refractivity contribution in [3.05, 3.63) is 17.6 Å². The van der Waals surface area contributed by atoms with E-state index in [-0.39, 0.29) is 10.9 Å². The maximum absolute atomic E-state index is 12.5. The highest BCUT2D eigenvalue weighted by atomic mass is 32.2. The summed E-state index contributed by atoms with van der Waals surface area (Å²) >= 11 is 0. The molecule has 1 fully saturated rings. The minimum atomic E-state index is -3.50. The molecule has 2 rings (SSSR count). The normalized spacial score (nSPS) is 19.8. The molecule has 6 heteroatoms. The van der Waals surface area contributed by atoms with Crippen LogP contribution in [0.15, 0.2) is 15.4 Å². The molecule has 0 radical (unpaired) electrons. The first-order chi connectivity index (χ1) is 9.73. The highest BCUT2D eigenvalue weighted by Crippen LogP contribution is 2.35. The standard InChI is InChI=1S/C15H26N2O3S/c1-11-14(9-13(20-11)10-16-4)21(18,19)17-12-5-7-15(2,3)8-6-12/h9,12,16-17H,5-8,10H2,1-4H3. The first-order valence-electron chi connectivity index (χ1n) is 7.50. The van der Waals surface area contributed by atoms with E-state index in [1.54, 1.807) is 20.0 Å². The van der Waals surface area contributed by atoms with Crippen LogP contribution in [0.25, 0.3) is 0 Å². The molecule has 1 heterocycles. The zero-order valence-electron chi connectivity index (χ0n) is 13.3. The molecule has 1 saturated carbocycles. The number of rotatable bonds is 5. The average Bonchev–Trinajstić information content (AvgIpc) is 2.74. The fourth-order valence-corrected chi connectivity index (χ4v) is 4.36. The molecule has 0 spiro atoms. The second-order valence-electron chi connectivity index (χ2n) is 6.72. The van der Waals surface area contributed by atoms with Crippen molar-refractivity contribution in [2.45, 2.75) is 63.9 Å². The molecule has 5 nitrogen and oxygen atoms in total. The van der Waals surface area contributed by atoms with Crippen molar-refractivity contribution in [1.29, 1.82) is 0 Å². The highest BCUT2D eigenvalue weighted by Gasteiger charge is 2.30. The van der Waals surface area contributed by atoms with Gasteiger partial charge in [0.2, 0.25) is 10.0 Å². The van der Waals surface area contributed by atoms with Gasteiger partial charge in [-0.05, 0) is 45.1 Å². The van der Waals surface area contributed by atoms with Crippen molar-refractivity contribution in [3.8, 4) is 0 Å². The Kier molecular flexibility index (Phi) is 4.80. The van der Waals surface area contributed by atoms with Crippen LogP contribution in [-0.4, -0.2) is 21.5 Å². The summed E-state index contributed by atoms with van der Waals surface area (Å²) in [5, 5.41) is 2.96. The number of aryl methyl sites for hydroxylation is 1. The Labute approximate surface area is 127 Å². The second-order valence-corrected chi connectivity index (χ2v) is 8.41. The summed E-state index contributed by atoms with van der Waals surface area (Å²) in [6.07, 6.45) is 3.89. The summed E-state index contributed by atoms with van der Waals surface area (Å²) in [7, 11) is -1.70. The molecule has 0 saturated heterocycles. The predicted molar refractivity (Wildman–Crippen MR) is 82.6 cm³/mol. The third-order valence-electron chi connectivity index (χ3n) is 4.22. The van der Waals surface area contributed by atoms with Gasteiger partial charge in [-0.1, -0.05) is 13.8 Å². The first-order valence-corrected chi connectivity index (χ1v) is 8.98. The van der Waals surface area contributed by atoms with Crippen LogP contribution in [0.4, 0.5) is 0 Å². The minimum Gasteiger partial charge on any atom is -0.464 e. The number of sulfonamides is 1. The first kappa shape index (κ1) is 16.5. The number of furan rings is 1. The zero-order valence-corrected chi connectivity index (χ0v) is 14.1. The smallest absolute Gasteiger partial charge is 0.244 e. The van der Waals surface area contributed by atoms with E-state index < -0.39 is 10.0 Å². The van der Waals surface area contributed by atoms with Crippen LogP contribution in [-0.2, 0) is 16.6 Å². The van der Waals surface area contributed by atoms with E-state index in [1.807, 2.05) is 0 Å². The topological polar surface area (TPSA) is 71.3 Å². The van der Waals surface area contributed by atoms with Gasteiger partial charge in [0.05, 0.1) is 6.54 Å².